The molecule has 1 heterocycles. The van der Waals surface area contributed by atoms with E-state index in [0.717, 1.165) is 19.5 Å². The Balaban J connectivity index is 2.19. The SMILES string of the molecule is COC1CNC(CN(C)C)C1. The van der Waals surface area contributed by atoms with Gasteiger partial charge in [-0.2, -0.15) is 0 Å². The van der Waals surface area contributed by atoms with Crippen molar-refractivity contribution < 1.29 is 4.74 Å². The van der Waals surface area contributed by atoms with Gasteiger partial charge in [-0.1, -0.05) is 0 Å². The number of hydrogen-bond donors (Lipinski definition) is 1. The highest BCUT2D eigenvalue weighted by Gasteiger charge is 2.23. The zero-order chi connectivity index (χ0) is 8.27. The third-order valence-electron chi connectivity index (χ3n) is 2.10. The molecule has 1 rings (SSSR count). The maximum absolute atomic E-state index is 5.24. The molecule has 0 aromatic heterocycles. The van der Waals surface area contributed by atoms with Crippen molar-refractivity contribution in [2.75, 3.05) is 34.3 Å². The van der Waals surface area contributed by atoms with Crippen LogP contribution in [0.5, 0.6) is 0 Å². The van der Waals surface area contributed by atoms with Gasteiger partial charge in [0.1, 0.15) is 0 Å². The van der Waals surface area contributed by atoms with Crippen molar-refractivity contribution in [2.45, 2.75) is 18.6 Å². The van der Waals surface area contributed by atoms with E-state index in [-0.39, 0.29) is 0 Å². The lowest BCUT2D eigenvalue weighted by molar-refractivity contribution is 0.116. The Labute approximate surface area is 68.7 Å². The van der Waals surface area contributed by atoms with E-state index in [9.17, 15) is 0 Å². The van der Waals surface area contributed by atoms with Crippen molar-refractivity contribution in [3.05, 3.63) is 0 Å². The molecule has 1 saturated heterocycles. The molecule has 1 N–H and O–H groups in total. The maximum atomic E-state index is 5.24. The van der Waals surface area contributed by atoms with E-state index in [1.165, 1.54) is 0 Å². The molecule has 11 heavy (non-hydrogen) atoms. The Morgan fingerprint density at radius 3 is 2.73 bits per heavy atom. The van der Waals surface area contributed by atoms with Crippen LogP contribution in [0, 0.1) is 0 Å². The Morgan fingerprint density at radius 1 is 1.55 bits per heavy atom. The summed E-state index contributed by atoms with van der Waals surface area (Å²) in [5.41, 5.74) is 0. The molecule has 0 spiro atoms. The lowest BCUT2D eigenvalue weighted by atomic mass is 10.2. The van der Waals surface area contributed by atoms with E-state index in [1.54, 1.807) is 7.11 Å². The first-order valence-corrected chi connectivity index (χ1v) is 4.13. The van der Waals surface area contributed by atoms with E-state index in [0.29, 0.717) is 12.1 Å². The summed E-state index contributed by atoms with van der Waals surface area (Å²) in [5.74, 6) is 0. The van der Waals surface area contributed by atoms with E-state index >= 15 is 0 Å². The molecule has 0 aliphatic carbocycles. The predicted octanol–water partition coefficient (Wildman–Crippen LogP) is -0.0751. The smallest absolute Gasteiger partial charge is 0.0711 e. The molecule has 2 unspecified atom stereocenters. The summed E-state index contributed by atoms with van der Waals surface area (Å²) in [4.78, 5) is 2.20. The fraction of sp³-hybridized carbons (Fsp3) is 1.00. The van der Waals surface area contributed by atoms with Crippen LogP contribution in [0.25, 0.3) is 0 Å². The molecule has 0 bridgehead atoms. The van der Waals surface area contributed by atoms with E-state index in [2.05, 4.69) is 24.3 Å². The molecule has 1 aliphatic heterocycles. The van der Waals surface area contributed by atoms with Crippen molar-refractivity contribution in [3.63, 3.8) is 0 Å². The van der Waals surface area contributed by atoms with Gasteiger partial charge in [-0.25, -0.2) is 0 Å². The highest BCUT2D eigenvalue weighted by molar-refractivity contribution is 4.83. The Kier molecular flexibility index (Phi) is 3.30. The van der Waals surface area contributed by atoms with E-state index in [1.807, 2.05) is 0 Å². The van der Waals surface area contributed by atoms with Crippen molar-refractivity contribution in [1.82, 2.24) is 10.2 Å². The Bertz CT molecular complexity index is 117. The average molecular weight is 158 g/mol. The van der Waals surface area contributed by atoms with Gasteiger partial charge in [-0.05, 0) is 20.5 Å². The second kappa shape index (κ2) is 4.04. The normalized spacial score (nSPS) is 31.6. The number of nitrogens with one attached hydrogen (secondary N) is 1. The summed E-state index contributed by atoms with van der Waals surface area (Å²) < 4.78 is 5.24. The summed E-state index contributed by atoms with van der Waals surface area (Å²) in [7, 11) is 5.98. The van der Waals surface area contributed by atoms with Crippen LogP contribution >= 0.6 is 0 Å². The summed E-state index contributed by atoms with van der Waals surface area (Å²) in [6.07, 6.45) is 1.58. The van der Waals surface area contributed by atoms with Gasteiger partial charge in [0.25, 0.3) is 0 Å². The van der Waals surface area contributed by atoms with E-state index < -0.39 is 0 Å². The predicted molar refractivity (Wildman–Crippen MR) is 45.8 cm³/mol. The standard InChI is InChI=1S/C8H18N2O/c1-10(2)6-7-4-8(11-3)5-9-7/h7-9H,4-6H2,1-3H3. The molecular weight excluding hydrogens is 140 g/mol. The van der Waals surface area contributed by atoms with Crippen molar-refractivity contribution in [2.24, 2.45) is 0 Å². The quantitative estimate of drug-likeness (QED) is 0.622. The third-order valence-corrected chi connectivity index (χ3v) is 2.10. The first kappa shape index (κ1) is 8.97. The molecule has 3 heteroatoms. The van der Waals surface area contributed by atoms with Gasteiger partial charge in [0.2, 0.25) is 0 Å². The topological polar surface area (TPSA) is 24.5 Å². The number of likely N-dealkylation sites (N-methyl/N-ethyl adjacent to an activating group) is 1. The monoisotopic (exact) mass is 158 g/mol. The minimum absolute atomic E-state index is 0.431. The molecule has 0 amide bonds. The molecule has 0 aromatic carbocycles. The van der Waals surface area contributed by atoms with Gasteiger partial charge in [-0.3, -0.25) is 0 Å². The number of hydrogen-bond acceptors (Lipinski definition) is 3. The Hall–Kier alpha value is -0.120. The van der Waals surface area contributed by atoms with Crippen molar-refractivity contribution in [1.29, 1.82) is 0 Å². The van der Waals surface area contributed by atoms with Gasteiger partial charge < -0.3 is 15.0 Å². The summed E-state index contributed by atoms with van der Waals surface area (Å²) in [6, 6.07) is 0.620. The molecule has 1 aliphatic rings. The number of ether oxygens (including phenoxy) is 1. The lowest BCUT2D eigenvalue weighted by Gasteiger charge is -2.15. The van der Waals surface area contributed by atoms with Gasteiger partial charge >= 0.3 is 0 Å². The van der Waals surface area contributed by atoms with Crippen LogP contribution in [-0.4, -0.2) is 51.3 Å². The summed E-state index contributed by atoms with van der Waals surface area (Å²) in [6.45, 7) is 2.12. The van der Waals surface area contributed by atoms with E-state index in [4.69, 9.17) is 4.74 Å². The van der Waals surface area contributed by atoms with Crippen LogP contribution in [0.2, 0.25) is 0 Å². The highest BCUT2D eigenvalue weighted by atomic mass is 16.5. The zero-order valence-electron chi connectivity index (χ0n) is 7.63. The molecule has 3 nitrogen and oxygen atoms in total. The zero-order valence-corrected chi connectivity index (χ0v) is 7.63. The largest absolute Gasteiger partial charge is 0.380 e. The number of methoxy groups -OCH3 is 1. The first-order valence-electron chi connectivity index (χ1n) is 4.13. The minimum Gasteiger partial charge on any atom is -0.380 e. The molecule has 2 atom stereocenters. The van der Waals surface area contributed by atoms with Crippen LogP contribution in [0.1, 0.15) is 6.42 Å². The molecule has 0 saturated carbocycles. The summed E-state index contributed by atoms with van der Waals surface area (Å²) in [5, 5.41) is 3.42. The fourth-order valence-electron chi connectivity index (χ4n) is 1.54. The molecule has 0 radical (unpaired) electrons. The lowest BCUT2D eigenvalue weighted by Crippen LogP contribution is -2.33. The minimum atomic E-state index is 0.431. The number of rotatable bonds is 3. The van der Waals surface area contributed by atoms with Crippen LogP contribution in [0.3, 0.4) is 0 Å². The van der Waals surface area contributed by atoms with Crippen LogP contribution in [0.4, 0.5) is 0 Å². The molecule has 1 fully saturated rings. The summed E-state index contributed by atoms with van der Waals surface area (Å²) >= 11 is 0. The van der Waals surface area contributed by atoms with Crippen LogP contribution in [0.15, 0.2) is 0 Å². The second-order valence-electron chi connectivity index (χ2n) is 3.46. The highest BCUT2D eigenvalue weighted by Crippen LogP contribution is 2.09. The van der Waals surface area contributed by atoms with Crippen molar-refractivity contribution in [3.8, 4) is 0 Å². The molecule has 0 aromatic rings. The van der Waals surface area contributed by atoms with Gasteiger partial charge in [-0.15, -0.1) is 0 Å². The second-order valence-corrected chi connectivity index (χ2v) is 3.46. The molecular formula is C8H18N2O. The molecule has 66 valence electrons. The fourth-order valence-corrected chi connectivity index (χ4v) is 1.54. The first-order chi connectivity index (χ1) is 5.22. The third kappa shape index (κ3) is 2.77. The van der Waals surface area contributed by atoms with Crippen LogP contribution < -0.4 is 5.32 Å². The van der Waals surface area contributed by atoms with Gasteiger partial charge in [0.05, 0.1) is 6.10 Å². The Morgan fingerprint density at radius 2 is 2.27 bits per heavy atom. The van der Waals surface area contributed by atoms with Crippen molar-refractivity contribution >= 4 is 0 Å². The maximum Gasteiger partial charge on any atom is 0.0711 e. The number of nitrogens with zero attached hydrogens (tertiary/aromatic N) is 1. The van der Waals surface area contributed by atoms with Crippen LogP contribution in [-0.2, 0) is 4.74 Å². The average Bonchev–Trinajstić information content (AvgIpc) is 2.34. The van der Waals surface area contributed by atoms with Gasteiger partial charge in [0.15, 0.2) is 0 Å². The van der Waals surface area contributed by atoms with Gasteiger partial charge in [0, 0.05) is 26.2 Å².